The van der Waals surface area contributed by atoms with Gasteiger partial charge in [-0.2, -0.15) is 0 Å². The van der Waals surface area contributed by atoms with Gasteiger partial charge in [0.05, 0.1) is 11.5 Å². The van der Waals surface area contributed by atoms with Crippen molar-refractivity contribution in [1.82, 2.24) is 4.90 Å². The molecule has 2 fully saturated rings. The summed E-state index contributed by atoms with van der Waals surface area (Å²) in [5.74, 6) is 1.57. The molecule has 0 bridgehead atoms. The first-order chi connectivity index (χ1) is 11.1. The van der Waals surface area contributed by atoms with E-state index in [9.17, 15) is 14.9 Å². The third kappa shape index (κ3) is 4.07. The molecule has 1 aromatic carbocycles. The number of nitrogens with zero attached hydrogens (tertiary/aromatic N) is 2. The number of benzene rings is 1. The molecule has 3 rings (SSSR count). The number of nitrogens with one attached hydrogen (secondary N) is 1. The summed E-state index contributed by atoms with van der Waals surface area (Å²) in [6.07, 6.45) is 6.54. The lowest BCUT2D eigenvalue weighted by atomic mass is 9.75. The smallest absolute Gasteiger partial charge is 0.269 e. The fraction of sp³-hybridized carbons (Fsp3) is 0.588. The van der Waals surface area contributed by atoms with Crippen molar-refractivity contribution in [2.75, 3.05) is 25.0 Å². The Hall–Kier alpha value is -1.95. The van der Waals surface area contributed by atoms with Crippen molar-refractivity contribution in [3.63, 3.8) is 0 Å². The second-order valence-electron chi connectivity index (χ2n) is 6.68. The largest absolute Gasteiger partial charge is 0.325 e. The lowest BCUT2D eigenvalue weighted by molar-refractivity contribution is -0.384. The van der Waals surface area contributed by atoms with Crippen LogP contribution in [0, 0.1) is 22.0 Å². The van der Waals surface area contributed by atoms with E-state index >= 15 is 0 Å². The third-order valence-corrected chi connectivity index (χ3v) is 5.10. The number of likely N-dealkylation sites (tertiary alicyclic amines) is 1. The molecule has 0 radical (unpaired) electrons. The van der Waals surface area contributed by atoms with Crippen LogP contribution in [0.1, 0.15) is 32.1 Å². The number of carbonyl (C=O) groups excluding carboxylic acids is 1. The third-order valence-electron chi connectivity index (χ3n) is 5.10. The number of rotatable bonds is 4. The molecule has 6 heteroatoms. The normalized spacial score (nSPS) is 24.7. The first-order valence-corrected chi connectivity index (χ1v) is 8.38. The zero-order valence-electron chi connectivity index (χ0n) is 13.2. The van der Waals surface area contributed by atoms with E-state index in [1.165, 1.54) is 44.2 Å². The van der Waals surface area contributed by atoms with E-state index in [2.05, 4.69) is 10.2 Å². The van der Waals surface area contributed by atoms with Crippen LogP contribution < -0.4 is 5.32 Å². The van der Waals surface area contributed by atoms with Gasteiger partial charge in [0, 0.05) is 24.4 Å². The van der Waals surface area contributed by atoms with Crippen LogP contribution in [0.3, 0.4) is 0 Å². The van der Waals surface area contributed by atoms with Gasteiger partial charge in [-0.3, -0.25) is 19.8 Å². The van der Waals surface area contributed by atoms with Crippen molar-refractivity contribution in [2.45, 2.75) is 32.1 Å². The molecule has 0 spiro atoms. The molecule has 1 saturated carbocycles. The van der Waals surface area contributed by atoms with Crippen LogP contribution in [0.25, 0.3) is 0 Å². The maximum absolute atomic E-state index is 12.2. The Morgan fingerprint density at radius 2 is 1.87 bits per heavy atom. The van der Waals surface area contributed by atoms with Crippen molar-refractivity contribution >= 4 is 17.3 Å². The van der Waals surface area contributed by atoms with E-state index in [0.717, 1.165) is 24.9 Å². The average molecular weight is 317 g/mol. The number of amides is 1. The molecular weight excluding hydrogens is 294 g/mol. The maximum atomic E-state index is 12.2. The van der Waals surface area contributed by atoms with E-state index in [0.29, 0.717) is 12.2 Å². The summed E-state index contributed by atoms with van der Waals surface area (Å²) in [4.78, 5) is 24.6. The molecule has 2 atom stereocenters. The minimum Gasteiger partial charge on any atom is -0.325 e. The van der Waals surface area contributed by atoms with E-state index in [-0.39, 0.29) is 11.6 Å². The number of anilines is 1. The highest BCUT2D eigenvalue weighted by Gasteiger charge is 2.31. The second kappa shape index (κ2) is 7.08. The van der Waals surface area contributed by atoms with Gasteiger partial charge in [-0.05, 0) is 43.4 Å². The SMILES string of the molecule is O=C(CN1CC[C@@H]2CCCC[C@@H]2C1)Nc1ccc([N+](=O)[O-])cc1. The van der Waals surface area contributed by atoms with Crippen LogP contribution in [0.2, 0.25) is 0 Å². The Morgan fingerprint density at radius 3 is 2.57 bits per heavy atom. The van der Waals surface area contributed by atoms with E-state index < -0.39 is 4.92 Å². The number of hydrogen-bond acceptors (Lipinski definition) is 4. The van der Waals surface area contributed by atoms with Crippen molar-refractivity contribution in [3.8, 4) is 0 Å². The lowest BCUT2D eigenvalue weighted by Gasteiger charge is -2.41. The summed E-state index contributed by atoms with van der Waals surface area (Å²) in [5, 5.41) is 13.4. The Bertz CT molecular complexity index is 573. The molecule has 124 valence electrons. The minimum atomic E-state index is -0.445. The van der Waals surface area contributed by atoms with Crippen LogP contribution in [0.15, 0.2) is 24.3 Å². The lowest BCUT2D eigenvalue weighted by Crippen LogP contribution is -2.44. The van der Waals surface area contributed by atoms with Gasteiger partial charge in [-0.1, -0.05) is 19.3 Å². The van der Waals surface area contributed by atoms with Gasteiger partial charge >= 0.3 is 0 Å². The quantitative estimate of drug-likeness (QED) is 0.684. The monoisotopic (exact) mass is 317 g/mol. The number of nitro benzene ring substituents is 1. The predicted molar refractivity (Wildman–Crippen MR) is 88.2 cm³/mol. The number of piperidine rings is 1. The Kier molecular flexibility index (Phi) is 4.91. The van der Waals surface area contributed by atoms with Gasteiger partial charge in [-0.15, -0.1) is 0 Å². The highest BCUT2D eigenvalue weighted by Crippen LogP contribution is 2.35. The summed E-state index contributed by atoms with van der Waals surface area (Å²) in [6.45, 7) is 2.42. The van der Waals surface area contributed by atoms with Crippen molar-refractivity contribution in [2.24, 2.45) is 11.8 Å². The average Bonchev–Trinajstić information content (AvgIpc) is 2.55. The predicted octanol–water partition coefficient (Wildman–Crippen LogP) is 3.05. The molecular formula is C17H23N3O3. The fourth-order valence-corrected chi connectivity index (χ4v) is 3.89. The van der Waals surface area contributed by atoms with Crippen LogP contribution in [0.5, 0.6) is 0 Å². The summed E-state index contributed by atoms with van der Waals surface area (Å²) in [5.41, 5.74) is 0.635. The molecule has 1 aliphatic heterocycles. The summed E-state index contributed by atoms with van der Waals surface area (Å²) < 4.78 is 0. The van der Waals surface area contributed by atoms with Crippen molar-refractivity contribution in [1.29, 1.82) is 0 Å². The van der Waals surface area contributed by atoms with Crippen LogP contribution in [-0.2, 0) is 4.79 Å². The molecule has 23 heavy (non-hydrogen) atoms. The molecule has 1 aliphatic carbocycles. The maximum Gasteiger partial charge on any atom is 0.269 e. The highest BCUT2D eigenvalue weighted by atomic mass is 16.6. The zero-order valence-corrected chi connectivity index (χ0v) is 13.2. The molecule has 1 N–H and O–H groups in total. The van der Waals surface area contributed by atoms with Crippen molar-refractivity contribution < 1.29 is 9.72 Å². The molecule has 0 unspecified atom stereocenters. The van der Waals surface area contributed by atoms with Gasteiger partial charge in [0.25, 0.3) is 5.69 Å². The van der Waals surface area contributed by atoms with Gasteiger partial charge in [-0.25, -0.2) is 0 Å². The van der Waals surface area contributed by atoms with Crippen LogP contribution in [0.4, 0.5) is 11.4 Å². The Labute approximate surface area is 136 Å². The molecule has 0 aromatic heterocycles. The highest BCUT2D eigenvalue weighted by molar-refractivity contribution is 5.92. The summed E-state index contributed by atoms with van der Waals surface area (Å²) in [6, 6.07) is 5.96. The van der Waals surface area contributed by atoms with Gasteiger partial charge in [0.15, 0.2) is 0 Å². The Morgan fingerprint density at radius 1 is 1.17 bits per heavy atom. The number of non-ortho nitro benzene ring substituents is 1. The van der Waals surface area contributed by atoms with E-state index in [4.69, 9.17) is 0 Å². The van der Waals surface area contributed by atoms with Gasteiger partial charge in [0.1, 0.15) is 0 Å². The van der Waals surface area contributed by atoms with E-state index in [1.54, 1.807) is 12.1 Å². The molecule has 1 amide bonds. The zero-order chi connectivity index (χ0) is 16.2. The van der Waals surface area contributed by atoms with Crippen LogP contribution in [-0.4, -0.2) is 35.4 Å². The molecule has 1 aromatic rings. The first kappa shape index (κ1) is 15.9. The topological polar surface area (TPSA) is 75.5 Å². The summed E-state index contributed by atoms with van der Waals surface area (Å²) in [7, 11) is 0. The molecule has 1 heterocycles. The number of fused-ring (bicyclic) bond motifs is 1. The minimum absolute atomic E-state index is 0.0300. The number of nitro groups is 1. The molecule has 6 nitrogen and oxygen atoms in total. The van der Waals surface area contributed by atoms with Gasteiger partial charge in [0.2, 0.25) is 5.91 Å². The van der Waals surface area contributed by atoms with Crippen molar-refractivity contribution in [3.05, 3.63) is 34.4 Å². The van der Waals surface area contributed by atoms with Gasteiger partial charge < -0.3 is 5.32 Å². The first-order valence-electron chi connectivity index (χ1n) is 8.38. The van der Waals surface area contributed by atoms with E-state index in [1.807, 2.05) is 0 Å². The fourth-order valence-electron chi connectivity index (χ4n) is 3.89. The number of hydrogen-bond donors (Lipinski definition) is 1. The standard InChI is InChI=1S/C17H23N3O3/c21-17(18-15-5-7-16(8-6-15)20(22)23)12-19-10-9-13-3-1-2-4-14(13)11-19/h5-8,13-14H,1-4,9-12H2,(H,18,21)/t13-,14+/m0/s1. The van der Waals surface area contributed by atoms with Crippen LogP contribution >= 0.6 is 0 Å². The Balaban J connectivity index is 1.50. The summed E-state index contributed by atoms with van der Waals surface area (Å²) >= 11 is 0. The second-order valence-corrected chi connectivity index (χ2v) is 6.68. The molecule has 1 saturated heterocycles. The number of carbonyl (C=O) groups is 1. The molecule has 2 aliphatic rings.